The van der Waals surface area contributed by atoms with Crippen LogP contribution < -0.4 is 0 Å². The lowest BCUT2D eigenvalue weighted by Gasteiger charge is -2.33. The highest BCUT2D eigenvalue weighted by Gasteiger charge is 2.43. The number of amides is 1. The Morgan fingerprint density at radius 2 is 2.32 bits per heavy atom. The molecule has 0 spiro atoms. The molecule has 0 N–H and O–H groups in total. The molecule has 6 nitrogen and oxygen atoms in total. The lowest BCUT2D eigenvalue weighted by atomic mass is 9.91. The van der Waals surface area contributed by atoms with Gasteiger partial charge in [-0.1, -0.05) is 0 Å². The van der Waals surface area contributed by atoms with E-state index < -0.39 is 0 Å². The van der Waals surface area contributed by atoms with E-state index in [0.29, 0.717) is 19.1 Å². The molecule has 3 aliphatic heterocycles. The van der Waals surface area contributed by atoms with Crippen LogP contribution in [0, 0.1) is 5.92 Å². The van der Waals surface area contributed by atoms with E-state index in [0.717, 1.165) is 44.7 Å². The van der Waals surface area contributed by atoms with Crippen LogP contribution in [0.15, 0.2) is 22.8 Å². The zero-order chi connectivity index (χ0) is 14.9. The van der Waals surface area contributed by atoms with Gasteiger partial charge in [0, 0.05) is 6.54 Å². The van der Waals surface area contributed by atoms with Crippen molar-refractivity contribution < 1.29 is 18.8 Å². The standard InChI is InChI=1S/C16H22N2O4/c19-16(18-5-2-8-21-18)14-9-12-4-6-17(11-15(12)22-14)10-13-3-1-7-20-13/h1,3,7,12,14-15H,2,4-6,8-11H2/t12-,14-,15+/m0/s1. The average Bonchev–Trinajstić information content (AvgIpc) is 3.27. The number of carbonyl (C=O) groups is 1. The van der Waals surface area contributed by atoms with Gasteiger partial charge in [-0.25, -0.2) is 5.06 Å². The smallest absolute Gasteiger partial charge is 0.275 e. The van der Waals surface area contributed by atoms with Gasteiger partial charge >= 0.3 is 0 Å². The van der Waals surface area contributed by atoms with Gasteiger partial charge in [-0.2, -0.15) is 0 Å². The Labute approximate surface area is 129 Å². The molecule has 120 valence electrons. The fourth-order valence-corrected chi connectivity index (χ4v) is 3.70. The van der Waals surface area contributed by atoms with Gasteiger partial charge in [0.25, 0.3) is 5.91 Å². The monoisotopic (exact) mass is 306 g/mol. The minimum absolute atomic E-state index is 0.00415. The number of hydrogen-bond donors (Lipinski definition) is 0. The summed E-state index contributed by atoms with van der Waals surface area (Å²) in [6, 6.07) is 3.91. The van der Waals surface area contributed by atoms with Crippen LogP contribution in [-0.4, -0.2) is 54.3 Å². The van der Waals surface area contributed by atoms with Crippen LogP contribution in [0.5, 0.6) is 0 Å². The van der Waals surface area contributed by atoms with E-state index in [1.54, 1.807) is 6.26 Å². The highest BCUT2D eigenvalue weighted by atomic mass is 16.7. The SMILES string of the molecule is O=C([C@@H]1C[C@@H]2CCN(Cc3ccco3)C[C@H]2O1)N1CCCO1. The molecule has 0 radical (unpaired) electrons. The van der Waals surface area contributed by atoms with E-state index >= 15 is 0 Å². The van der Waals surface area contributed by atoms with Crippen LogP contribution >= 0.6 is 0 Å². The molecule has 1 aromatic heterocycles. The van der Waals surface area contributed by atoms with Gasteiger partial charge < -0.3 is 9.15 Å². The summed E-state index contributed by atoms with van der Waals surface area (Å²) in [7, 11) is 0. The van der Waals surface area contributed by atoms with E-state index in [-0.39, 0.29) is 18.1 Å². The van der Waals surface area contributed by atoms with Crippen LogP contribution in [0.4, 0.5) is 0 Å². The zero-order valence-corrected chi connectivity index (χ0v) is 12.6. The van der Waals surface area contributed by atoms with E-state index in [1.165, 1.54) is 5.06 Å². The average molecular weight is 306 g/mol. The summed E-state index contributed by atoms with van der Waals surface area (Å²) in [5.41, 5.74) is 0. The van der Waals surface area contributed by atoms with E-state index in [2.05, 4.69) is 4.90 Å². The second kappa shape index (κ2) is 6.02. The fraction of sp³-hybridized carbons (Fsp3) is 0.688. The maximum Gasteiger partial charge on any atom is 0.275 e. The Kier molecular flexibility index (Phi) is 3.90. The first-order valence-corrected chi connectivity index (χ1v) is 8.14. The molecule has 3 atom stereocenters. The number of fused-ring (bicyclic) bond motifs is 1. The van der Waals surface area contributed by atoms with Crippen molar-refractivity contribution >= 4 is 5.91 Å². The summed E-state index contributed by atoms with van der Waals surface area (Å²) in [6.45, 7) is 4.05. The highest BCUT2D eigenvalue weighted by molar-refractivity contribution is 5.80. The molecule has 1 amide bonds. The molecular formula is C16H22N2O4. The molecule has 4 heterocycles. The first kappa shape index (κ1) is 14.2. The van der Waals surface area contributed by atoms with Gasteiger partial charge in [0.2, 0.25) is 0 Å². The first-order chi connectivity index (χ1) is 10.8. The first-order valence-electron chi connectivity index (χ1n) is 8.14. The Balaban J connectivity index is 1.34. The predicted molar refractivity (Wildman–Crippen MR) is 77.7 cm³/mol. The number of hydroxylamine groups is 2. The molecule has 0 aromatic carbocycles. The van der Waals surface area contributed by atoms with E-state index in [4.69, 9.17) is 14.0 Å². The quantitative estimate of drug-likeness (QED) is 0.845. The molecule has 1 aromatic rings. The number of furan rings is 1. The number of ether oxygens (including phenoxy) is 1. The molecule has 0 bridgehead atoms. The Morgan fingerprint density at radius 1 is 1.36 bits per heavy atom. The number of piperidine rings is 1. The second-order valence-electron chi connectivity index (χ2n) is 6.39. The minimum atomic E-state index is -0.323. The van der Waals surface area contributed by atoms with Gasteiger partial charge in [-0.15, -0.1) is 0 Å². The summed E-state index contributed by atoms with van der Waals surface area (Å²) in [5.74, 6) is 1.48. The molecule has 3 aliphatic rings. The molecule has 0 unspecified atom stereocenters. The summed E-state index contributed by atoms with van der Waals surface area (Å²) in [4.78, 5) is 20.1. The second-order valence-corrected chi connectivity index (χ2v) is 6.39. The third-order valence-electron chi connectivity index (χ3n) is 4.87. The van der Waals surface area contributed by atoms with Gasteiger partial charge in [0.05, 0.1) is 32.1 Å². The molecule has 22 heavy (non-hydrogen) atoms. The number of rotatable bonds is 3. The van der Waals surface area contributed by atoms with Gasteiger partial charge in [-0.3, -0.25) is 14.5 Å². The maximum absolute atomic E-state index is 12.4. The lowest BCUT2D eigenvalue weighted by Crippen LogP contribution is -2.42. The summed E-state index contributed by atoms with van der Waals surface area (Å²) < 4.78 is 11.5. The van der Waals surface area contributed by atoms with Crippen LogP contribution in [0.3, 0.4) is 0 Å². The van der Waals surface area contributed by atoms with Gasteiger partial charge in [0.1, 0.15) is 11.9 Å². The van der Waals surface area contributed by atoms with Crippen molar-refractivity contribution in [1.29, 1.82) is 0 Å². The van der Waals surface area contributed by atoms with Crippen LogP contribution in [0.1, 0.15) is 25.0 Å². The van der Waals surface area contributed by atoms with Crippen LogP contribution in [-0.2, 0) is 20.9 Å². The number of nitrogens with zero attached hydrogens (tertiary/aromatic N) is 2. The molecule has 3 fully saturated rings. The molecule has 0 aliphatic carbocycles. The van der Waals surface area contributed by atoms with Gasteiger partial charge in [-0.05, 0) is 43.9 Å². The van der Waals surface area contributed by atoms with Crippen molar-refractivity contribution in [2.75, 3.05) is 26.2 Å². The third-order valence-corrected chi connectivity index (χ3v) is 4.87. The third kappa shape index (κ3) is 2.78. The zero-order valence-electron chi connectivity index (χ0n) is 12.6. The van der Waals surface area contributed by atoms with Crippen molar-refractivity contribution in [3.05, 3.63) is 24.2 Å². The van der Waals surface area contributed by atoms with Crippen molar-refractivity contribution in [3.8, 4) is 0 Å². The van der Waals surface area contributed by atoms with E-state index in [9.17, 15) is 4.79 Å². The largest absolute Gasteiger partial charge is 0.468 e. The Bertz CT molecular complexity index is 512. The fourth-order valence-electron chi connectivity index (χ4n) is 3.70. The van der Waals surface area contributed by atoms with Gasteiger partial charge in [0.15, 0.2) is 0 Å². The molecular weight excluding hydrogens is 284 g/mol. The number of carbonyl (C=O) groups excluding carboxylic acids is 1. The molecule has 0 saturated carbocycles. The number of hydrogen-bond acceptors (Lipinski definition) is 5. The lowest BCUT2D eigenvalue weighted by molar-refractivity contribution is -0.180. The normalized spacial score (nSPS) is 32.4. The van der Waals surface area contributed by atoms with Crippen molar-refractivity contribution in [2.45, 2.75) is 38.0 Å². The molecule has 4 rings (SSSR count). The Hall–Kier alpha value is -1.37. The van der Waals surface area contributed by atoms with Crippen LogP contribution in [0.2, 0.25) is 0 Å². The molecule has 6 heteroatoms. The maximum atomic E-state index is 12.4. The predicted octanol–water partition coefficient (Wildman–Crippen LogP) is 1.42. The summed E-state index contributed by atoms with van der Waals surface area (Å²) in [6.07, 6.45) is 4.37. The topological polar surface area (TPSA) is 55.2 Å². The van der Waals surface area contributed by atoms with Crippen molar-refractivity contribution in [2.24, 2.45) is 5.92 Å². The van der Waals surface area contributed by atoms with E-state index in [1.807, 2.05) is 12.1 Å². The highest BCUT2D eigenvalue weighted by Crippen LogP contribution is 2.34. The Morgan fingerprint density at radius 3 is 3.09 bits per heavy atom. The molecule has 3 saturated heterocycles. The van der Waals surface area contributed by atoms with Crippen molar-refractivity contribution in [3.63, 3.8) is 0 Å². The summed E-state index contributed by atoms with van der Waals surface area (Å²) >= 11 is 0. The number of likely N-dealkylation sites (tertiary alicyclic amines) is 1. The van der Waals surface area contributed by atoms with Crippen molar-refractivity contribution in [1.82, 2.24) is 9.96 Å². The minimum Gasteiger partial charge on any atom is -0.468 e. The summed E-state index contributed by atoms with van der Waals surface area (Å²) in [5, 5.41) is 1.49. The van der Waals surface area contributed by atoms with Crippen LogP contribution in [0.25, 0.3) is 0 Å².